The van der Waals surface area contributed by atoms with E-state index in [2.05, 4.69) is 5.32 Å². The molecule has 2 aromatic rings. The number of benzene rings is 2. The van der Waals surface area contributed by atoms with Crippen molar-refractivity contribution in [3.05, 3.63) is 53.6 Å². The van der Waals surface area contributed by atoms with Crippen LogP contribution in [0.4, 0.5) is 11.4 Å². The Labute approximate surface area is 129 Å². The third-order valence-corrected chi connectivity index (χ3v) is 3.23. The van der Waals surface area contributed by atoms with Crippen LogP contribution in [-0.4, -0.2) is 12.5 Å². The van der Waals surface area contributed by atoms with Crippen molar-refractivity contribution in [3.63, 3.8) is 0 Å². The van der Waals surface area contributed by atoms with Gasteiger partial charge in [-0.05, 0) is 48.9 Å². The van der Waals surface area contributed by atoms with Crippen molar-refractivity contribution in [1.29, 1.82) is 5.26 Å². The highest BCUT2D eigenvalue weighted by atomic mass is 16.5. The average molecular weight is 295 g/mol. The quantitative estimate of drug-likeness (QED) is 0.830. The second-order valence-electron chi connectivity index (χ2n) is 4.80. The van der Waals surface area contributed by atoms with E-state index in [1.165, 1.54) is 0 Å². The molecule has 2 rings (SSSR count). The number of hydrogen-bond acceptors (Lipinski definition) is 4. The highest BCUT2D eigenvalue weighted by Gasteiger charge is 2.06. The first-order valence-electron chi connectivity index (χ1n) is 6.88. The SMILES string of the molecule is Cc1c(N)cccc1NC(=O)CCOc1ccc(C#N)cc1. The number of nitrogens with zero attached hydrogens (tertiary/aromatic N) is 1. The van der Waals surface area contributed by atoms with Gasteiger partial charge >= 0.3 is 0 Å². The fourth-order valence-electron chi connectivity index (χ4n) is 1.89. The minimum absolute atomic E-state index is 0.137. The van der Waals surface area contributed by atoms with E-state index in [0.717, 1.165) is 5.56 Å². The molecule has 5 nitrogen and oxygen atoms in total. The molecule has 0 bridgehead atoms. The number of amides is 1. The molecule has 0 radical (unpaired) electrons. The van der Waals surface area contributed by atoms with Crippen molar-refractivity contribution in [2.75, 3.05) is 17.7 Å². The van der Waals surface area contributed by atoms with Gasteiger partial charge in [0.25, 0.3) is 0 Å². The van der Waals surface area contributed by atoms with E-state index in [-0.39, 0.29) is 18.9 Å². The highest BCUT2D eigenvalue weighted by molar-refractivity contribution is 5.92. The maximum atomic E-state index is 11.9. The van der Waals surface area contributed by atoms with Crippen LogP contribution in [0.25, 0.3) is 0 Å². The molecule has 112 valence electrons. The topological polar surface area (TPSA) is 88.1 Å². The molecule has 1 amide bonds. The summed E-state index contributed by atoms with van der Waals surface area (Å²) in [4.78, 5) is 11.9. The molecular weight excluding hydrogens is 278 g/mol. The lowest BCUT2D eigenvalue weighted by atomic mass is 10.1. The lowest BCUT2D eigenvalue weighted by Crippen LogP contribution is -2.16. The van der Waals surface area contributed by atoms with Crippen LogP contribution in [0.15, 0.2) is 42.5 Å². The molecule has 0 spiro atoms. The van der Waals surface area contributed by atoms with Gasteiger partial charge in [-0.1, -0.05) is 6.07 Å². The standard InChI is InChI=1S/C17H17N3O2/c1-12-15(19)3-2-4-16(12)20-17(21)9-10-22-14-7-5-13(11-18)6-8-14/h2-8H,9-10,19H2,1H3,(H,20,21). The molecule has 5 heteroatoms. The molecule has 0 saturated heterocycles. The Morgan fingerprint density at radius 2 is 2.00 bits per heavy atom. The van der Waals surface area contributed by atoms with Crippen molar-refractivity contribution >= 4 is 17.3 Å². The molecule has 2 aromatic carbocycles. The van der Waals surface area contributed by atoms with Gasteiger partial charge in [0.15, 0.2) is 0 Å². The molecule has 3 N–H and O–H groups in total. The number of nitrogens with two attached hydrogens (primary N) is 1. The van der Waals surface area contributed by atoms with Gasteiger partial charge in [0.1, 0.15) is 5.75 Å². The van der Waals surface area contributed by atoms with Crippen LogP contribution in [0.5, 0.6) is 5.75 Å². The van der Waals surface area contributed by atoms with Crippen molar-refractivity contribution in [2.45, 2.75) is 13.3 Å². The number of anilines is 2. The van der Waals surface area contributed by atoms with Crippen LogP contribution in [0, 0.1) is 18.3 Å². The van der Waals surface area contributed by atoms with Crippen LogP contribution < -0.4 is 15.8 Å². The van der Waals surface area contributed by atoms with Crippen LogP contribution in [0.1, 0.15) is 17.5 Å². The Balaban J connectivity index is 1.82. The summed E-state index contributed by atoms with van der Waals surface area (Å²) < 4.78 is 5.47. The van der Waals surface area contributed by atoms with E-state index in [4.69, 9.17) is 15.7 Å². The van der Waals surface area contributed by atoms with Crippen LogP contribution in [-0.2, 0) is 4.79 Å². The molecule has 22 heavy (non-hydrogen) atoms. The Kier molecular flexibility index (Phi) is 4.99. The number of nitrogen functional groups attached to an aromatic ring is 1. The van der Waals surface area contributed by atoms with Gasteiger partial charge in [-0.2, -0.15) is 5.26 Å². The predicted molar refractivity (Wildman–Crippen MR) is 85.5 cm³/mol. The fraction of sp³-hybridized carbons (Fsp3) is 0.176. The van der Waals surface area contributed by atoms with Crippen LogP contribution in [0.2, 0.25) is 0 Å². The Morgan fingerprint density at radius 1 is 1.27 bits per heavy atom. The zero-order valence-electron chi connectivity index (χ0n) is 12.3. The number of ether oxygens (including phenoxy) is 1. The third kappa shape index (κ3) is 4.00. The van der Waals surface area contributed by atoms with E-state index in [0.29, 0.717) is 22.7 Å². The molecule has 0 saturated carbocycles. The Hall–Kier alpha value is -3.00. The number of rotatable bonds is 5. The average Bonchev–Trinajstić information content (AvgIpc) is 2.52. The minimum atomic E-state index is -0.137. The van der Waals surface area contributed by atoms with E-state index in [1.807, 2.05) is 19.1 Å². The van der Waals surface area contributed by atoms with Crippen molar-refractivity contribution in [3.8, 4) is 11.8 Å². The molecule has 0 fully saturated rings. The van der Waals surface area contributed by atoms with E-state index in [9.17, 15) is 4.79 Å². The lowest BCUT2D eigenvalue weighted by Gasteiger charge is -2.10. The summed E-state index contributed by atoms with van der Waals surface area (Å²) in [7, 11) is 0. The van der Waals surface area contributed by atoms with Crippen LogP contribution in [0.3, 0.4) is 0 Å². The highest BCUT2D eigenvalue weighted by Crippen LogP contribution is 2.20. The van der Waals surface area contributed by atoms with Gasteiger partial charge in [-0.25, -0.2) is 0 Å². The molecular formula is C17H17N3O2. The summed E-state index contributed by atoms with van der Waals surface area (Å²) in [6.07, 6.45) is 0.230. The van der Waals surface area contributed by atoms with Crippen molar-refractivity contribution in [1.82, 2.24) is 0 Å². The number of hydrogen-bond donors (Lipinski definition) is 2. The smallest absolute Gasteiger partial charge is 0.227 e. The Morgan fingerprint density at radius 3 is 2.68 bits per heavy atom. The van der Waals surface area contributed by atoms with Gasteiger partial charge in [0.2, 0.25) is 5.91 Å². The van der Waals surface area contributed by atoms with Gasteiger partial charge in [-0.3, -0.25) is 4.79 Å². The van der Waals surface area contributed by atoms with Gasteiger partial charge in [0.05, 0.1) is 24.7 Å². The molecule has 0 unspecified atom stereocenters. The molecule has 0 aliphatic rings. The first kappa shape index (κ1) is 15.4. The number of nitrogens with one attached hydrogen (secondary N) is 1. The van der Waals surface area contributed by atoms with Crippen LogP contribution >= 0.6 is 0 Å². The second kappa shape index (κ2) is 7.14. The zero-order valence-corrected chi connectivity index (χ0v) is 12.3. The molecule has 0 aliphatic carbocycles. The second-order valence-corrected chi connectivity index (χ2v) is 4.80. The van der Waals surface area contributed by atoms with E-state index in [1.54, 1.807) is 36.4 Å². The lowest BCUT2D eigenvalue weighted by molar-refractivity contribution is -0.116. The predicted octanol–water partition coefficient (Wildman–Crippen LogP) is 2.86. The first-order chi connectivity index (χ1) is 10.6. The largest absolute Gasteiger partial charge is 0.493 e. The summed E-state index contributed by atoms with van der Waals surface area (Å²) >= 11 is 0. The minimum Gasteiger partial charge on any atom is -0.493 e. The summed E-state index contributed by atoms with van der Waals surface area (Å²) in [5.41, 5.74) is 8.58. The summed E-state index contributed by atoms with van der Waals surface area (Å²) in [5.74, 6) is 0.495. The van der Waals surface area contributed by atoms with Gasteiger partial charge in [0, 0.05) is 11.4 Å². The van der Waals surface area contributed by atoms with Gasteiger partial charge in [-0.15, -0.1) is 0 Å². The monoisotopic (exact) mass is 295 g/mol. The maximum absolute atomic E-state index is 11.9. The molecule has 0 aromatic heterocycles. The fourth-order valence-corrected chi connectivity index (χ4v) is 1.89. The Bertz CT molecular complexity index is 703. The normalized spacial score (nSPS) is 9.82. The van der Waals surface area contributed by atoms with Crippen molar-refractivity contribution < 1.29 is 9.53 Å². The maximum Gasteiger partial charge on any atom is 0.227 e. The molecule has 0 heterocycles. The van der Waals surface area contributed by atoms with E-state index >= 15 is 0 Å². The summed E-state index contributed by atoms with van der Waals surface area (Å²) in [6.45, 7) is 2.12. The molecule has 0 atom stereocenters. The number of carbonyl (C=O) groups excluding carboxylic acids is 1. The summed E-state index contributed by atoms with van der Waals surface area (Å²) in [5, 5.41) is 11.5. The van der Waals surface area contributed by atoms with E-state index < -0.39 is 0 Å². The molecule has 0 aliphatic heterocycles. The van der Waals surface area contributed by atoms with Gasteiger partial charge < -0.3 is 15.8 Å². The number of nitriles is 1. The third-order valence-electron chi connectivity index (χ3n) is 3.23. The summed E-state index contributed by atoms with van der Waals surface area (Å²) in [6, 6.07) is 14.2. The van der Waals surface area contributed by atoms with Crippen molar-refractivity contribution in [2.24, 2.45) is 0 Å². The number of carbonyl (C=O) groups is 1. The zero-order chi connectivity index (χ0) is 15.9. The first-order valence-corrected chi connectivity index (χ1v) is 6.88.